The van der Waals surface area contributed by atoms with Crippen LogP contribution in [0, 0.1) is 5.92 Å². The van der Waals surface area contributed by atoms with Crippen molar-refractivity contribution in [3.63, 3.8) is 0 Å². The van der Waals surface area contributed by atoms with Crippen molar-refractivity contribution in [2.24, 2.45) is 5.92 Å². The Morgan fingerprint density at radius 1 is 1.25 bits per heavy atom. The molecule has 1 aromatic rings. The number of carboxylic acids is 1. The summed E-state index contributed by atoms with van der Waals surface area (Å²) in [6.07, 6.45) is 1.73. The van der Waals surface area contributed by atoms with Gasteiger partial charge in [-0.25, -0.2) is 0 Å². The number of benzene rings is 1. The Morgan fingerprint density at radius 2 is 2.00 bits per heavy atom. The third kappa shape index (κ3) is 5.02. The number of piperazine rings is 1. The predicted molar refractivity (Wildman–Crippen MR) is 106 cm³/mol. The van der Waals surface area contributed by atoms with E-state index in [1.54, 1.807) is 0 Å². The highest BCUT2D eigenvalue weighted by atomic mass is 16.5. The second-order valence-electron chi connectivity index (χ2n) is 7.78. The molecule has 0 spiro atoms. The lowest BCUT2D eigenvalue weighted by Gasteiger charge is -2.35. The third-order valence-electron chi connectivity index (χ3n) is 5.84. The van der Waals surface area contributed by atoms with Crippen molar-refractivity contribution >= 4 is 11.9 Å². The van der Waals surface area contributed by atoms with Crippen molar-refractivity contribution in [3.05, 3.63) is 29.3 Å². The average molecular weight is 389 g/mol. The average Bonchev–Trinajstić information content (AvgIpc) is 3.16. The Bertz CT molecular complexity index is 701. The molecular weight excluding hydrogens is 358 g/mol. The lowest BCUT2D eigenvalue weighted by atomic mass is 9.99. The van der Waals surface area contributed by atoms with Gasteiger partial charge in [0.1, 0.15) is 11.8 Å². The van der Waals surface area contributed by atoms with E-state index in [0.29, 0.717) is 13.1 Å². The molecule has 0 aromatic heterocycles. The van der Waals surface area contributed by atoms with E-state index in [0.717, 1.165) is 44.8 Å². The van der Waals surface area contributed by atoms with Gasteiger partial charge in [0.25, 0.3) is 0 Å². The van der Waals surface area contributed by atoms with Gasteiger partial charge in [-0.2, -0.15) is 0 Å². The maximum Gasteiger partial charge on any atom is 0.320 e. The second-order valence-corrected chi connectivity index (χ2v) is 7.78. The van der Waals surface area contributed by atoms with Crippen LogP contribution in [0.2, 0.25) is 0 Å². The standard InChI is InChI=1S/C21H31N3O4/c1-3-15(2)20(21(26)27)22-13-19(25)24-9-7-23(8-10-24)14-16-4-5-18-17(12-16)6-11-28-18/h4-5,12,15,20,22H,3,6-11,13-14H2,1-2H3,(H,26,27)/t15-,20-/m0/s1. The molecule has 1 aromatic carbocycles. The first-order valence-electron chi connectivity index (χ1n) is 10.2. The van der Waals surface area contributed by atoms with Crippen LogP contribution in [0.1, 0.15) is 31.4 Å². The molecule has 7 nitrogen and oxygen atoms in total. The first-order chi connectivity index (χ1) is 13.5. The van der Waals surface area contributed by atoms with Crippen LogP contribution in [0.4, 0.5) is 0 Å². The van der Waals surface area contributed by atoms with E-state index in [1.807, 2.05) is 18.7 Å². The number of nitrogens with one attached hydrogen (secondary N) is 1. The number of hydrogen-bond acceptors (Lipinski definition) is 5. The summed E-state index contributed by atoms with van der Waals surface area (Å²) in [5.41, 5.74) is 2.57. The summed E-state index contributed by atoms with van der Waals surface area (Å²) in [6, 6.07) is 5.72. The summed E-state index contributed by atoms with van der Waals surface area (Å²) in [5.74, 6) is 0.0687. The minimum Gasteiger partial charge on any atom is -0.493 e. The van der Waals surface area contributed by atoms with Gasteiger partial charge >= 0.3 is 5.97 Å². The Balaban J connectivity index is 1.44. The topological polar surface area (TPSA) is 82.1 Å². The number of aliphatic carboxylic acids is 1. The monoisotopic (exact) mass is 389 g/mol. The zero-order valence-electron chi connectivity index (χ0n) is 16.8. The Hall–Kier alpha value is -2.12. The maximum atomic E-state index is 12.5. The molecule has 0 unspecified atom stereocenters. The summed E-state index contributed by atoms with van der Waals surface area (Å²) in [7, 11) is 0. The van der Waals surface area contributed by atoms with Gasteiger partial charge in [-0.1, -0.05) is 32.4 Å². The molecule has 0 aliphatic carbocycles. The molecule has 2 aliphatic heterocycles. The molecule has 1 amide bonds. The van der Waals surface area contributed by atoms with Gasteiger partial charge in [-0.3, -0.25) is 19.8 Å². The number of hydrogen-bond donors (Lipinski definition) is 2. The van der Waals surface area contributed by atoms with Crippen LogP contribution in [-0.4, -0.2) is 72.2 Å². The zero-order valence-corrected chi connectivity index (χ0v) is 16.8. The Labute approximate surface area is 166 Å². The lowest BCUT2D eigenvalue weighted by molar-refractivity contribution is -0.141. The maximum absolute atomic E-state index is 12.5. The van der Waals surface area contributed by atoms with Crippen molar-refractivity contribution in [2.45, 2.75) is 39.3 Å². The fourth-order valence-corrected chi connectivity index (χ4v) is 3.83. The first-order valence-corrected chi connectivity index (χ1v) is 10.2. The van der Waals surface area contributed by atoms with E-state index in [9.17, 15) is 14.7 Å². The van der Waals surface area contributed by atoms with Crippen LogP contribution in [0.15, 0.2) is 18.2 Å². The van der Waals surface area contributed by atoms with Crippen LogP contribution in [0.25, 0.3) is 0 Å². The van der Waals surface area contributed by atoms with Crippen molar-refractivity contribution in [3.8, 4) is 5.75 Å². The summed E-state index contributed by atoms with van der Waals surface area (Å²) in [6.45, 7) is 8.57. The predicted octanol–water partition coefficient (Wildman–Crippen LogP) is 1.35. The summed E-state index contributed by atoms with van der Waals surface area (Å²) < 4.78 is 5.56. The van der Waals surface area contributed by atoms with Crippen molar-refractivity contribution in [1.82, 2.24) is 15.1 Å². The molecule has 0 radical (unpaired) electrons. The van der Waals surface area contributed by atoms with E-state index in [2.05, 4.69) is 28.4 Å². The van der Waals surface area contributed by atoms with Crippen LogP contribution in [0.3, 0.4) is 0 Å². The van der Waals surface area contributed by atoms with Crippen LogP contribution < -0.4 is 10.1 Å². The molecule has 0 bridgehead atoms. The van der Waals surface area contributed by atoms with E-state index in [-0.39, 0.29) is 18.4 Å². The third-order valence-corrected chi connectivity index (χ3v) is 5.84. The minimum atomic E-state index is -0.897. The minimum absolute atomic E-state index is 0.0140. The quantitative estimate of drug-likeness (QED) is 0.699. The van der Waals surface area contributed by atoms with Crippen LogP contribution in [-0.2, 0) is 22.6 Å². The van der Waals surface area contributed by atoms with Gasteiger partial charge in [0, 0.05) is 39.1 Å². The number of carbonyl (C=O) groups excluding carboxylic acids is 1. The Kier molecular flexibility index (Phi) is 6.91. The molecule has 1 saturated heterocycles. The molecular formula is C21H31N3O4. The molecule has 3 rings (SSSR count). The molecule has 2 heterocycles. The van der Waals surface area contributed by atoms with Crippen molar-refractivity contribution in [2.75, 3.05) is 39.3 Å². The van der Waals surface area contributed by atoms with Gasteiger partial charge in [0.05, 0.1) is 13.2 Å². The molecule has 7 heteroatoms. The van der Waals surface area contributed by atoms with E-state index in [4.69, 9.17) is 4.74 Å². The SMILES string of the molecule is CC[C@H](C)[C@H](NCC(=O)N1CCN(Cc2ccc3c(c2)CCO3)CC1)C(=O)O. The van der Waals surface area contributed by atoms with Crippen LogP contribution in [0.5, 0.6) is 5.75 Å². The molecule has 2 aliphatic rings. The van der Waals surface area contributed by atoms with E-state index >= 15 is 0 Å². The van der Waals surface area contributed by atoms with Crippen molar-refractivity contribution in [1.29, 1.82) is 0 Å². The van der Waals surface area contributed by atoms with E-state index < -0.39 is 12.0 Å². The lowest BCUT2D eigenvalue weighted by Crippen LogP contribution is -2.52. The van der Waals surface area contributed by atoms with E-state index in [1.165, 1.54) is 11.1 Å². The number of nitrogens with zero attached hydrogens (tertiary/aromatic N) is 2. The highest BCUT2D eigenvalue weighted by molar-refractivity contribution is 5.80. The second kappa shape index (κ2) is 9.39. The zero-order chi connectivity index (χ0) is 20.1. The number of fused-ring (bicyclic) bond motifs is 1. The highest BCUT2D eigenvalue weighted by Gasteiger charge is 2.26. The Morgan fingerprint density at radius 3 is 2.68 bits per heavy atom. The highest BCUT2D eigenvalue weighted by Crippen LogP contribution is 2.26. The molecule has 0 saturated carbocycles. The fourth-order valence-electron chi connectivity index (χ4n) is 3.83. The normalized spacial score (nSPS) is 19.0. The number of amides is 1. The molecule has 154 valence electrons. The first kappa shape index (κ1) is 20.6. The number of rotatable bonds is 8. The summed E-state index contributed by atoms with van der Waals surface area (Å²) in [4.78, 5) is 28.0. The van der Waals surface area contributed by atoms with Gasteiger partial charge < -0.3 is 14.7 Å². The summed E-state index contributed by atoms with van der Waals surface area (Å²) >= 11 is 0. The number of ether oxygens (including phenoxy) is 1. The van der Waals surface area contributed by atoms with Gasteiger partial charge in [-0.05, 0) is 23.1 Å². The largest absolute Gasteiger partial charge is 0.493 e. The fraction of sp³-hybridized carbons (Fsp3) is 0.619. The molecule has 2 atom stereocenters. The van der Waals surface area contributed by atoms with Gasteiger partial charge in [0.2, 0.25) is 5.91 Å². The number of carbonyl (C=O) groups is 2. The number of carboxylic acid groups (broad SMARTS) is 1. The molecule has 1 fully saturated rings. The van der Waals surface area contributed by atoms with Gasteiger partial charge in [0.15, 0.2) is 0 Å². The summed E-state index contributed by atoms with van der Waals surface area (Å²) in [5, 5.41) is 12.3. The molecule has 28 heavy (non-hydrogen) atoms. The smallest absolute Gasteiger partial charge is 0.320 e. The van der Waals surface area contributed by atoms with Crippen molar-refractivity contribution < 1.29 is 19.4 Å². The van der Waals surface area contributed by atoms with Crippen LogP contribution >= 0.6 is 0 Å². The molecule has 2 N–H and O–H groups in total. The van der Waals surface area contributed by atoms with Gasteiger partial charge in [-0.15, -0.1) is 0 Å².